The summed E-state index contributed by atoms with van der Waals surface area (Å²) in [5.74, 6) is 1.89. The van der Waals surface area contributed by atoms with E-state index in [4.69, 9.17) is 18.0 Å². The van der Waals surface area contributed by atoms with Gasteiger partial charge in [0.05, 0.1) is 5.54 Å². The molecular formula is C22H21ClN2O3. The second-order valence-electron chi connectivity index (χ2n) is 7.10. The zero-order valence-corrected chi connectivity index (χ0v) is 16.6. The fourth-order valence-corrected chi connectivity index (χ4v) is 3.39. The van der Waals surface area contributed by atoms with E-state index in [0.717, 1.165) is 0 Å². The zero-order chi connectivity index (χ0) is 20.5. The number of fused-ring (bicyclic) bond motifs is 1. The van der Waals surface area contributed by atoms with Gasteiger partial charge in [0.1, 0.15) is 5.56 Å². The maximum atomic E-state index is 13.2. The summed E-state index contributed by atoms with van der Waals surface area (Å²) in [6.07, 6.45) is 7.68. The fraction of sp³-hybridized carbons (Fsp3) is 0.318. The lowest BCUT2D eigenvalue weighted by molar-refractivity contribution is 0.0922. The Balaban J connectivity index is 2.21. The minimum absolute atomic E-state index is 0.0757. The molecular weight excluding hydrogens is 376 g/mol. The Morgan fingerprint density at radius 1 is 1.29 bits per heavy atom. The summed E-state index contributed by atoms with van der Waals surface area (Å²) in [6.45, 7) is 3.56. The number of ketones is 1. The first kappa shape index (κ1) is 19.9. The molecule has 144 valence electrons. The molecule has 1 amide bonds. The monoisotopic (exact) mass is 396 g/mol. The fourth-order valence-electron chi connectivity index (χ4n) is 3.26. The quantitative estimate of drug-likeness (QED) is 0.803. The van der Waals surface area contributed by atoms with E-state index in [9.17, 15) is 14.4 Å². The van der Waals surface area contributed by atoms with Crippen molar-refractivity contribution in [3.05, 3.63) is 62.5 Å². The molecule has 1 aromatic carbocycles. The molecule has 0 radical (unpaired) electrons. The number of terminal acetylenes is 1. The van der Waals surface area contributed by atoms with Crippen molar-refractivity contribution in [2.75, 3.05) is 0 Å². The molecule has 1 heterocycles. The highest BCUT2D eigenvalue weighted by molar-refractivity contribution is 6.30. The lowest BCUT2D eigenvalue weighted by atomic mass is 9.92. The molecule has 0 saturated carbocycles. The van der Waals surface area contributed by atoms with Crippen molar-refractivity contribution >= 4 is 23.3 Å². The SMILES string of the molecule is C#C[C@](C)(CC)NC(=O)c1cc2c(n(-c3ccc(Cl)cc3)c1=O)CCCC2=O. The van der Waals surface area contributed by atoms with E-state index in [1.54, 1.807) is 31.2 Å². The molecule has 0 saturated heterocycles. The largest absolute Gasteiger partial charge is 0.336 e. The van der Waals surface area contributed by atoms with Gasteiger partial charge in [-0.1, -0.05) is 24.4 Å². The molecule has 0 spiro atoms. The van der Waals surface area contributed by atoms with Gasteiger partial charge in [-0.2, -0.15) is 0 Å². The highest BCUT2D eigenvalue weighted by Crippen LogP contribution is 2.24. The molecule has 28 heavy (non-hydrogen) atoms. The van der Waals surface area contributed by atoms with Crippen molar-refractivity contribution in [1.82, 2.24) is 9.88 Å². The van der Waals surface area contributed by atoms with E-state index in [1.807, 2.05) is 6.92 Å². The third-order valence-electron chi connectivity index (χ3n) is 5.17. The molecule has 1 atom stereocenters. The Labute approximate surface area is 168 Å². The number of nitrogens with zero attached hydrogens (tertiary/aromatic N) is 1. The summed E-state index contributed by atoms with van der Waals surface area (Å²) in [6, 6.07) is 8.14. The van der Waals surface area contributed by atoms with Crippen molar-refractivity contribution in [2.45, 2.75) is 45.1 Å². The molecule has 0 bridgehead atoms. The number of halogens is 1. The number of pyridine rings is 1. The third kappa shape index (κ3) is 3.61. The van der Waals surface area contributed by atoms with Crippen LogP contribution in [0.1, 0.15) is 59.5 Å². The number of aromatic nitrogens is 1. The van der Waals surface area contributed by atoms with Crippen molar-refractivity contribution in [3.63, 3.8) is 0 Å². The van der Waals surface area contributed by atoms with Crippen molar-refractivity contribution in [3.8, 4) is 18.0 Å². The number of hydrogen-bond acceptors (Lipinski definition) is 3. The van der Waals surface area contributed by atoms with E-state index >= 15 is 0 Å². The first-order valence-corrected chi connectivity index (χ1v) is 9.56. The number of hydrogen-bond donors (Lipinski definition) is 1. The molecule has 6 heteroatoms. The van der Waals surface area contributed by atoms with Gasteiger partial charge in [0.15, 0.2) is 5.78 Å². The van der Waals surface area contributed by atoms with Gasteiger partial charge in [0.25, 0.3) is 11.5 Å². The average Bonchev–Trinajstić information content (AvgIpc) is 2.68. The normalized spacial score (nSPS) is 15.3. The maximum absolute atomic E-state index is 13.2. The van der Waals surface area contributed by atoms with Crippen LogP contribution in [0.25, 0.3) is 5.69 Å². The minimum Gasteiger partial charge on any atom is -0.336 e. The maximum Gasteiger partial charge on any atom is 0.268 e. The number of rotatable bonds is 4. The number of Topliss-reactive ketones (excluding diaryl/α,β-unsaturated/α-hetero) is 1. The summed E-state index contributed by atoms with van der Waals surface area (Å²) < 4.78 is 1.44. The van der Waals surface area contributed by atoms with Crippen LogP contribution in [0.5, 0.6) is 0 Å². The van der Waals surface area contributed by atoms with E-state index in [1.165, 1.54) is 10.6 Å². The molecule has 3 rings (SSSR count). The number of amides is 1. The van der Waals surface area contributed by atoms with E-state index in [-0.39, 0.29) is 11.3 Å². The van der Waals surface area contributed by atoms with Crippen molar-refractivity contribution in [1.29, 1.82) is 0 Å². The van der Waals surface area contributed by atoms with E-state index in [2.05, 4.69) is 11.2 Å². The smallest absolute Gasteiger partial charge is 0.268 e. The molecule has 0 unspecified atom stereocenters. The Morgan fingerprint density at radius 2 is 1.96 bits per heavy atom. The van der Waals surface area contributed by atoms with Crippen LogP contribution in [0.2, 0.25) is 5.02 Å². The Hall–Kier alpha value is -2.84. The molecule has 1 N–H and O–H groups in total. The molecule has 0 aliphatic heterocycles. The lowest BCUT2D eigenvalue weighted by Gasteiger charge is -2.25. The summed E-state index contributed by atoms with van der Waals surface area (Å²) >= 11 is 5.97. The van der Waals surface area contributed by atoms with Gasteiger partial charge in [-0.25, -0.2) is 0 Å². The van der Waals surface area contributed by atoms with E-state index < -0.39 is 17.0 Å². The number of benzene rings is 1. The lowest BCUT2D eigenvalue weighted by Crippen LogP contribution is -2.46. The van der Waals surface area contributed by atoms with Crippen LogP contribution in [-0.4, -0.2) is 21.8 Å². The summed E-state index contributed by atoms with van der Waals surface area (Å²) in [7, 11) is 0. The molecule has 1 aliphatic carbocycles. The first-order chi connectivity index (χ1) is 13.3. The highest BCUT2D eigenvalue weighted by atomic mass is 35.5. The predicted octanol–water partition coefficient (Wildman–Crippen LogP) is 3.54. The van der Waals surface area contributed by atoms with Gasteiger partial charge in [-0.05, 0) is 56.5 Å². The molecule has 0 fully saturated rings. The number of carbonyl (C=O) groups is 2. The van der Waals surface area contributed by atoms with Gasteiger partial charge in [0, 0.05) is 28.4 Å². The third-order valence-corrected chi connectivity index (χ3v) is 5.42. The zero-order valence-electron chi connectivity index (χ0n) is 15.8. The van der Waals surface area contributed by atoms with Crippen molar-refractivity contribution in [2.24, 2.45) is 0 Å². The molecule has 1 aliphatic rings. The minimum atomic E-state index is -0.880. The number of nitrogens with one attached hydrogen (secondary N) is 1. The predicted molar refractivity (Wildman–Crippen MR) is 109 cm³/mol. The Kier molecular flexibility index (Phi) is 5.44. The van der Waals surface area contributed by atoms with Gasteiger partial charge < -0.3 is 5.32 Å². The van der Waals surface area contributed by atoms with Gasteiger partial charge in [0.2, 0.25) is 0 Å². The molecule has 1 aromatic heterocycles. The van der Waals surface area contributed by atoms with Gasteiger partial charge in [-0.3, -0.25) is 19.0 Å². The average molecular weight is 397 g/mol. The van der Waals surface area contributed by atoms with Gasteiger partial charge in [-0.15, -0.1) is 6.42 Å². The topological polar surface area (TPSA) is 68.2 Å². The summed E-state index contributed by atoms with van der Waals surface area (Å²) in [4.78, 5) is 38.6. The van der Waals surface area contributed by atoms with Crippen molar-refractivity contribution < 1.29 is 9.59 Å². The highest BCUT2D eigenvalue weighted by Gasteiger charge is 2.29. The first-order valence-electron chi connectivity index (χ1n) is 9.18. The Morgan fingerprint density at radius 3 is 2.57 bits per heavy atom. The van der Waals surface area contributed by atoms with Crippen LogP contribution >= 0.6 is 11.6 Å². The second kappa shape index (κ2) is 7.65. The Bertz CT molecular complexity index is 1050. The second-order valence-corrected chi connectivity index (χ2v) is 7.53. The van der Waals surface area contributed by atoms with Crippen LogP contribution < -0.4 is 10.9 Å². The van der Waals surface area contributed by atoms with E-state index in [0.29, 0.717) is 47.7 Å². The molecule has 5 nitrogen and oxygen atoms in total. The van der Waals surface area contributed by atoms with Crippen LogP contribution in [0.4, 0.5) is 0 Å². The van der Waals surface area contributed by atoms with Crippen LogP contribution in [0.15, 0.2) is 35.1 Å². The van der Waals surface area contributed by atoms with Gasteiger partial charge >= 0.3 is 0 Å². The van der Waals surface area contributed by atoms with Crippen LogP contribution in [-0.2, 0) is 6.42 Å². The summed E-state index contributed by atoms with van der Waals surface area (Å²) in [5.41, 5.74) is 0.127. The van der Waals surface area contributed by atoms with Crippen LogP contribution in [0.3, 0.4) is 0 Å². The summed E-state index contributed by atoms with van der Waals surface area (Å²) in [5, 5.41) is 3.27. The molecule has 2 aromatic rings. The number of carbonyl (C=O) groups excluding carboxylic acids is 2. The standard InChI is InChI=1S/C22H21ClN2O3/c1-4-22(3,5-2)24-20(27)17-13-16-18(7-6-8-19(16)26)25(21(17)28)15-11-9-14(23)10-12-15/h1,9-13H,5-8H2,2-3H3,(H,24,27)/t22-/m1/s1. The van der Waals surface area contributed by atoms with Crippen LogP contribution in [0, 0.1) is 12.3 Å².